The van der Waals surface area contributed by atoms with Gasteiger partial charge in [-0.2, -0.15) is 0 Å². The van der Waals surface area contributed by atoms with Gasteiger partial charge < -0.3 is 5.11 Å². The van der Waals surface area contributed by atoms with Gasteiger partial charge >= 0.3 is 0 Å². The van der Waals surface area contributed by atoms with E-state index < -0.39 is 5.60 Å². The van der Waals surface area contributed by atoms with Crippen molar-refractivity contribution in [3.8, 4) is 0 Å². The molecule has 1 fully saturated rings. The molecule has 0 amide bonds. The first-order chi connectivity index (χ1) is 6.06. The van der Waals surface area contributed by atoms with E-state index >= 15 is 0 Å². The maximum absolute atomic E-state index is 10.7. The van der Waals surface area contributed by atoms with Crippen LogP contribution in [-0.4, -0.2) is 10.7 Å². The predicted molar refractivity (Wildman–Crippen MR) is 61.2 cm³/mol. The maximum atomic E-state index is 10.7. The average Bonchev–Trinajstić information content (AvgIpc) is 1.76. The van der Waals surface area contributed by atoms with E-state index in [1.807, 2.05) is 0 Å². The van der Waals surface area contributed by atoms with Crippen LogP contribution in [-0.2, 0) is 0 Å². The molecule has 1 N–H and O–H groups in total. The highest BCUT2D eigenvalue weighted by Gasteiger charge is 2.48. The fourth-order valence-corrected chi connectivity index (χ4v) is 3.10. The summed E-state index contributed by atoms with van der Waals surface area (Å²) >= 11 is 0. The summed E-state index contributed by atoms with van der Waals surface area (Å²) in [5.41, 5.74) is -0.188. The highest BCUT2D eigenvalue weighted by atomic mass is 16.3. The zero-order valence-electron chi connectivity index (χ0n) is 10.6. The molecule has 0 heterocycles. The minimum absolute atomic E-state index is 0.00104. The molecule has 1 rings (SSSR count). The van der Waals surface area contributed by atoms with Crippen molar-refractivity contribution in [3.05, 3.63) is 0 Å². The molecule has 1 aliphatic carbocycles. The molecule has 0 aromatic rings. The van der Waals surface area contributed by atoms with E-state index in [0.29, 0.717) is 11.3 Å². The lowest BCUT2D eigenvalue weighted by molar-refractivity contribution is -0.128. The zero-order chi connectivity index (χ0) is 11.2. The van der Waals surface area contributed by atoms with Crippen LogP contribution in [0.3, 0.4) is 0 Å². The van der Waals surface area contributed by atoms with Crippen LogP contribution in [0.1, 0.15) is 60.8 Å². The fraction of sp³-hybridized carbons (Fsp3) is 1.00. The van der Waals surface area contributed by atoms with Gasteiger partial charge in [0.05, 0.1) is 5.60 Å². The molecule has 0 aromatic carbocycles. The second-order valence-corrected chi connectivity index (χ2v) is 7.14. The zero-order valence-corrected chi connectivity index (χ0v) is 10.6. The fourth-order valence-electron chi connectivity index (χ4n) is 3.10. The molecular formula is C13H26O. The predicted octanol–water partition coefficient (Wildman–Crippen LogP) is 3.61. The van der Waals surface area contributed by atoms with Crippen molar-refractivity contribution in [3.63, 3.8) is 0 Å². The normalized spacial score (nSPS) is 38.4. The first-order valence-electron chi connectivity index (χ1n) is 5.78. The molecule has 0 aromatic heterocycles. The quantitative estimate of drug-likeness (QED) is 0.630. The molecular weight excluding hydrogens is 172 g/mol. The molecule has 0 unspecified atom stereocenters. The van der Waals surface area contributed by atoms with Gasteiger partial charge in [-0.05, 0) is 36.0 Å². The van der Waals surface area contributed by atoms with E-state index in [1.165, 1.54) is 6.42 Å². The summed E-state index contributed by atoms with van der Waals surface area (Å²) in [5.74, 6) is 0.642. The SMILES string of the molecule is C[C@@H]1CC(C)(C)C[C@](O)(C(C)(C)C)C1. The van der Waals surface area contributed by atoms with Crippen molar-refractivity contribution in [2.75, 3.05) is 0 Å². The van der Waals surface area contributed by atoms with Crippen molar-refractivity contribution < 1.29 is 5.11 Å². The molecule has 14 heavy (non-hydrogen) atoms. The summed E-state index contributed by atoms with van der Waals surface area (Å²) in [6.07, 6.45) is 3.14. The third-order valence-corrected chi connectivity index (χ3v) is 3.75. The Hall–Kier alpha value is -0.0400. The van der Waals surface area contributed by atoms with Gasteiger partial charge in [0.2, 0.25) is 0 Å². The van der Waals surface area contributed by atoms with Crippen molar-refractivity contribution in [1.82, 2.24) is 0 Å². The van der Waals surface area contributed by atoms with Gasteiger partial charge in [0.1, 0.15) is 0 Å². The number of rotatable bonds is 0. The molecule has 0 radical (unpaired) electrons. The van der Waals surface area contributed by atoms with Crippen LogP contribution in [0.25, 0.3) is 0 Å². The summed E-state index contributed by atoms with van der Waals surface area (Å²) in [7, 11) is 0. The van der Waals surface area contributed by atoms with Crippen LogP contribution in [0, 0.1) is 16.7 Å². The van der Waals surface area contributed by atoms with Gasteiger partial charge in [-0.25, -0.2) is 0 Å². The number of hydrogen-bond acceptors (Lipinski definition) is 1. The van der Waals surface area contributed by atoms with Gasteiger partial charge in [-0.3, -0.25) is 0 Å². The minimum Gasteiger partial charge on any atom is -0.389 e. The van der Waals surface area contributed by atoms with Crippen molar-refractivity contribution >= 4 is 0 Å². The van der Waals surface area contributed by atoms with Gasteiger partial charge in [-0.15, -0.1) is 0 Å². The Labute approximate surface area is 88.9 Å². The van der Waals surface area contributed by atoms with Crippen LogP contribution >= 0.6 is 0 Å². The third-order valence-electron chi connectivity index (χ3n) is 3.75. The van der Waals surface area contributed by atoms with Crippen molar-refractivity contribution in [1.29, 1.82) is 0 Å². The third kappa shape index (κ3) is 2.31. The second kappa shape index (κ2) is 3.23. The van der Waals surface area contributed by atoms with E-state index in [9.17, 15) is 5.11 Å². The first-order valence-corrected chi connectivity index (χ1v) is 5.78. The van der Waals surface area contributed by atoms with Crippen LogP contribution in [0.2, 0.25) is 0 Å². The van der Waals surface area contributed by atoms with E-state index in [-0.39, 0.29) is 5.41 Å². The average molecular weight is 198 g/mol. The Morgan fingerprint density at radius 2 is 1.64 bits per heavy atom. The van der Waals surface area contributed by atoms with E-state index in [1.54, 1.807) is 0 Å². The molecule has 2 atom stereocenters. The molecule has 0 aliphatic heterocycles. The molecule has 0 spiro atoms. The van der Waals surface area contributed by atoms with E-state index in [0.717, 1.165) is 12.8 Å². The van der Waals surface area contributed by atoms with Gasteiger partial charge in [0, 0.05) is 0 Å². The Morgan fingerprint density at radius 3 is 2.00 bits per heavy atom. The molecule has 1 aliphatic rings. The maximum Gasteiger partial charge on any atom is 0.0703 e. The molecule has 0 bridgehead atoms. The summed E-state index contributed by atoms with van der Waals surface area (Å²) < 4.78 is 0. The Morgan fingerprint density at radius 1 is 1.14 bits per heavy atom. The molecule has 84 valence electrons. The van der Waals surface area contributed by atoms with Gasteiger partial charge in [0.25, 0.3) is 0 Å². The lowest BCUT2D eigenvalue weighted by Crippen LogP contribution is -2.50. The lowest BCUT2D eigenvalue weighted by atomic mass is 9.58. The summed E-state index contributed by atoms with van der Waals surface area (Å²) in [6.45, 7) is 13.3. The lowest BCUT2D eigenvalue weighted by Gasteiger charge is -2.51. The monoisotopic (exact) mass is 198 g/mol. The Bertz CT molecular complexity index is 212. The van der Waals surface area contributed by atoms with Crippen LogP contribution < -0.4 is 0 Å². The topological polar surface area (TPSA) is 20.2 Å². The molecule has 1 heteroatoms. The number of hydrogen-bond donors (Lipinski definition) is 1. The molecule has 0 saturated heterocycles. The van der Waals surface area contributed by atoms with Crippen LogP contribution in [0.15, 0.2) is 0 Å². The van der Waals surface area contributed by atoms with Gasteiger partial charge in [0.15, 0.2) is 0 Å². The van der Waals surface area contributed by atoms with E-state index in [2.05, 4.69) is 41.5 Å². The summed E-state index contributed by atoms with van der Waals surface area (Å²) in [5, 5.41) is 10.7. The minimum atomic E-state index is -0.478. The van der Waals surface area contributed by atoms with Crippen molar-refractivity contribution in [2.45, 2.75) is 66.4 Å². The highest BCUT2D eigenvalue weighted by Crippen LogP contribution is 2.50. The van der Waals surface area contributed by atoms with Crippen molar-refractivity contribution in [2.24, 2.45) is 16.7 Å². The molecule has 1 saturated carbocycles. The number of aliphatic hydroxyl groups is 1. The standard InChI is InChI=1S/C13H26O/c1-10-7-12(5,6)9-13(14,8-10)11(2,3)4/h10,14H,7-9H2,1-6H3/t10-,13+/m1/s1. The second-order valence-electron chi connectivity index (χ2n) is 7.14. The van der Waals surface area contributed by atoms with E-state index in [4.69, 9.17) is 0 Å². The van der Waals surface area contributed by atoms with Crippen LogP contribution in [0.5, 0.6) is 0 Å². The highest BCUT2D eigenvalue weighted by molar-refractivity contribution is 4.99. The first kappa shape index (κ1) is 12.0. The Kier molecular flexibility index (Phi) is 2.78. The largest absolute Gasteiger partial charge is 0.389 e. The van der Waals surface area contributed by atoms with Crippen LogP contribution in [0.4, 0.5) is 0 Å². The smallest absolute Gasteiger partial charge is 0.0703 e. The summed E-state index contributed by atoms with van der Waals surface area (Å²) in [6, 6.07) is 0. The molecule has 1 nitrogen and oxygen atoms in total. The summed E-state index contributed by atoms with van der Waals surface area (Å²) in [4.78, 5) is 0. The Balaban J connectivity index is 2.90. The van der Waals surface area contributed by atoms with Gasteiger partial charge in [-0.1, -0.05) is 41.5 Å².